The van der Waals surface area contributed by atoms with Gasteiger partial charge in [0.2, 0.25) is 4.77 Å². The summed E-state index contributed by atoms with van der Waals surface area (Å²) < 4.78 is 2.11. The van der Waals surface area contributed by atoms with E-state index in [4.69, 9.17) is 12.2 Å². The van der Waals surface area contributed by atoms with Crippen LogP contribution in [-0.2, 0) is 0 Å². The van der Waals surface area contributed by atoms with Crippen molar-refractivity contribution in [2.75, 3.05) is 0 Å². The Kier molecular flexibility index (Phi) is 4.77. The number of rotatable bonds is 4. The molecule has 0 saturated heterocycles. The van der Waals surface area contributed by atoms with Crippen molar-refractivity contribution in [2.45, 2.75) is 6.92 Å². The smallest absolute Gasteiger partial charge is 0.216 e. The van der Waals surface area contributed by atoms with Crippen LogP contribution in [0.15, 0.2) is 84.0 Å². The van der Waals surface area contributed by atoms with Crippen LogP contribution in [0.3, 0.4) is 0 Å². The molecule has 0 amide bonds. The van der Waals surface area contributed by atoms with Crippen LogP contribution in [0.5, 0.6) is 0 Å². The van der Waals surface area contributed by atoms with Gasteiger partial charge in [-0.1, -0.05) is 78.4 Å². The molecule has 1 heterocycles. The Labute approximate surface area is 162 Å². The molecule has 0 bridgehead atoms. The number of nitrogens with zero attached hydrogens (tertiary/aromatic N) is 3. The molecule has 1 N–H and O–H groups in total. The lowest BCUT2D eigenvalue weighted by molar-refractivity contribution is 0.871. The molecule has 0 aliphatic rings. The van der Waals surface area contributed by atoms with E-state index in [1.165, 1.54) is 11.1 Å². The average molecular weight is 370 g/mol. The molecular formula is C22H18N4S. The van der Waals surface area contributed by atoms with Crippen LogP contribution in [0.2, 0.25) is 0 Å². The maximum Gasteiger partial charge on any atom is 0.216 e. The lowest BCUT2D eigenvalue weighted by Gasteiger charge is -2.03. The van der Waals surface area contributed by atoms with Gasteiger partial charge in [0.25, 0.3) is 0 Å². The minimum absolute atomic E-state index is 0.462. The number of H-pyrrole nitrogens is 1. The highest BCUT2D eigenvalue weighted by molar-refractivity contribution is 7.71. The molecule has 27 heavy (non-hydrogen) atoms. The number of hydrogen-bond donors (Lipinski definition) is 1. The van der Waals surface area contributed by atoms with Gasteiger partial charge in [0, 0.05) is 5.56 Å². The number of aryl methyl sites for hydroxylation is 1. The van der Waals surface area contributed by atoms with Crippen LogP contribution < -0.4 is 0 Å². The number of hydrogen-bond acceptors (Lipinski definition) is 3. The van der Waals surface area contributed by atoms with E-state index in [0.717, 1.165) is 16.7 Å². The van der Waals surface area contributed by atoms with Gasteiger partial charge in [-0.3, -0.25) is 0 Å². The molecule has 0 atom stereocenters. The topological polar surface area (TPSA) is 46.0 Å². The fourth-order valence-corrected chi connectivity index (χ4v) is 3.07. The van der Waals surface area contributed by atoms with Gasteiger partial charge in [-0.2, -0.15) is 14.9 Å². The highest BCUT2D eigenvalue weighted by atomic mass is 32.1. The Morgan fingerprint density at radius 3 is 2.33 bits per heavy atom. The molecule has 4 aromatic rings. The minimum atomic E-state index is 0.462. The summed E-state index contributed by atoms with van der Waals surface area (Å²) in [7, 11) is 0. The van der Waals surface area contributed by atoms with Crippen molar-refractivity contribution in [1.29, 1.82) is 0 Å². The lowest BCUT2D eigenvalue weighted by atomic mass is 10.0. The van der Waals surface area contributed by atoms with E-state index in [0.29, 0.717) is 10.6 Å². The third kappa shape index (κ3) is 3.78. The monoisotopic (exact) mass is 370 g/mol. The molecule has 0 aliphatic heterocycles. The highest BCUT2D eigenvalue weighted by Crippen LogP contribution is 2.20. The maximum atomic E-state index is 5.34. The van der Waals surface area contributed by atoms with Crippen molar-refractivity contribution >= 4 is 18.4 Å². The molecule has 5 heteroatoms. The predicted molar refractivity (Wildman–Crippen MR) is 112 cm³/mol. The number of nitrogens with one attached hydrogen (secondary N) is 1. The van der Waals surface area contributed by atoms with Crippen LogP contribution in [0, 0.1) is 11.7 Å². The predicted octanol–water partition coefficient (Wildman–Crippen LogP) is 5.47. The molecule has 0 unspecified atom stereocenters. The summed E-state index contributed by atoms with van der Waals surface area (Å²) in [6.07, 6.45) is 1.79. The van der Waals surface area contributed by atoms with Crippen molar-refractivity contribution in [2.24, 2.45) is 5.10 Å². The Hall–Kier alpha value is -3.31. The summed E-state index contributed by atoms with van der Waals surface area (Å²) >= 11 is 5.34. The Balaban J connectivity index is 1.62. The van der Waals surface area contributed by atoms with E-state index in [1.807, 2.05) is 55.5 Å². The van der Waals surface area contributed by atoms with Crippen LogP contribution >= 0.6 is 12.2 Å². The maximum absolute atomic E-state index is 5.34. The van der Waals surface area contributed by atoms with E-state index in [-0.39, 0.29) is 0 Å². The number of benzene rings is 3. The van der Waals surface area contributed by atoms with E-state index in [2.05, 4.69) is 45.6 Å². The number of aromatic nitrogens is 3. The largest absolute Gasteiger partial charge is 0.250 e. The second-order valence-electron chi connectivity index (χ2n) is 6.27. The molecular weight excluding hydrogens is 352 g/mol. The second kappa shape index (κ2) is 7.51. The standard InChI is InChI=1S/C22H18N4S/c1-16-6-5-9-20(14-16)21-24-25-22(27)26(21)23-15-17-10-12-19(13-11-17)18-7-3-2-4-8-18/h2-15H,1H3,(H,25,27). The van der Waals surface area contributed by atoms with Gasteiger partial charge in [0.15, 0.2) is 5.82 Å². The highest BCUT2D eigenvalue weighted by Gasteiger charge is 2.08. The Morgan fingerprint density at radius 2 is 1.59 bits per heavy atom. The van der Waals surface area contributed by atoms with Crippen LogP contribution in [0.1, 0.15) is 11.1 Å². The molecule has 0 saturated carbocycles. The molecule has 1 aromatic heterocycles. The van der Waals surface area contributed by atoms with Crippen molar-refractivity contribution in [1.82, 2.24) is 14.9 Å². The molecule has 0 radical (unpaired) electrons. The molecule has 4 rings (SSSR count). The first-order chi connectivity index (χ1) is 13.2. The van der Waals surface area contributed by atoms with Gasteiger partial charge >= 0.3 is 0 Å². The van der Waals surface area contributed by atoms with Gasteiger partial charge in [-0.15, -0.1) is 0 Å². The zero-order chi connectivity index (χ0) is 18.6. The first-order valence-corrected chi connectivity index (χ1v) is 9.06. The second-order valence-corrected chi connectivity index (χ2v) is 6.65. The molecule has 4 nitrogen and oxygen atoms in total. The zero-order valence-electron chi connectivity index (χ0n) is 14.8. The van der Waals surface area contributed by atoms with Gasteiger partial charge in [-0.05, 0) is 41.9 Å². The first-order valence-electron chi connectivity index (χ1n) is 8.65. The molecule has 132 valence electrons. The Bertz CT molecular complexity index is 1140. The summed E-state index contributed by atoms with van der Waals surface area (Å²) in [4.78, 5) is 0. The van der Waals surface area contributed by atoms with Gasteiger partial charge < -0.3 is 0 Å². The lowest BCUT2D eigenvalue weighted by Crippen LogP contribution is -1.95. The third-order valence-electron chi connectivity index (χ3n) is 4.27. The van der Waals surface area contributed by atoms with Crippen molar-refractivity contribution in [3.63, 3.8) is 0 Å². The normalized spacial score (nSPS) is 11.1. The summed E-state index contributed by atoms with van der Waals surface area (Å²) in [5.41, 5.74) is 5.49. The number of aromatic amines is 1. The summed E-state index contributed by atoms with van der Waals surface area (Å²) in [5.74, 6) is 0.695. The fraction of sp³-hybridized carbons (Fsp3) is 0.0455. The summed E-state index contributed by atoms with van der Waals surface area (Å²) in [6, 6.07) is 26.7. The van der Waals surface area contributed by atoms with Gasteiger partial charge in [-0.25, -0.2) is 5.10 Å². The van der Waals surface area contributed by atoms with Crippen LogP contribution in [0.4, 0.5) is 0 Å². The van der Waals surface area contributed by atoms with Gasteiger partial charge in [0.05, 0.1) is 6.21 Å². The van der Waals surface area contributed by atoms with Crippen LogP contribution in [0.25, 0.3) is 22.5 Å². The first kappa shape index (κ1) is 17.1. The molecule has 0 fully saturated rings. The molecule has 0 spiro atoms. The fourth-order valence-electron chi connectivity index (χ4n) is 2.89. The Morgan fingerprint density at radius 1 is 0.889 bits per heavy atom. The SMILES string of the molecule is Cc1cccc(-c2n[nH]c(=S)n2N=Cc2ccc(-c3ccccc3)cc2)c1. The van der Waals surface area contributed by atoms with Crippen molar-refractivity contribution in [3.05, 3.63) is 94.8 Å². The molecule has 0 aliphatic carbocycles. The average Bonchev–Trinajstić information content (AvgIpc) is 3.08. The summed E-state index contributed by atoms with van der Waals surface area (Å²) in [5, 5.41) is 11.7. The van der Waals surface area contributed by atoms with E-state index >= 15 is 0 Å². The van der Waals surface area contributed by atoms with Crippen molar-refractivity contribution < 1.29 is 0 Å². The zero-order valence-corrected chi connectivity index (χ0v) is 15.6. The van der Waals surface area contributed by atoms with Crippen LogP contribution in [-0.4, -0.2) is 21.1 Å². The van der Waals surface area contributed by atoms with E-state index in [1.54, 1.807) is 10.9 Å². The minimum Gasteiger partial charge on any atom is -0.250 e. The summed E-state index contributed by atoms with van der Waals surface area (Å²) in [6.45, 7) is 2.05. The quantitative estimate of drug-likeness (QED) is 0.383. The molecule has 3 aromatic carbocycles. The van der Waals surface area contributed by atoms with Crippen molar-refractivity contribution in [3.8, 4) is 22.5 Å². The van der Waals surface area contributed by atoms with E-state index < -0.39 is 0 Å². The van der Waals surface area contributed by atoms with Gasteiger partial charge in [0.1, 0.15) is 0 Å². The van der Waals surface area contributed by atoms with E-state index in [9.17, 15) is 0 Å². The third-order valence-corrected chi connectivity index (χ3v) is 4.53.